The van der Waals surface area contributed by atoms with Gasteiger partial charge in [0.2, 0.25) is 0 Å². The second-order valence-corrected chi connectivity index (χ2v) is 9.33. The van der Waals surface area contributed by atoms with Crippen LogP contribution >= 0.6 is 0 Å². The van der Waals surface area contributed by atoms with Crippen molar-refractivity contribution in [2.24, 2.45) is 11.7 Å². The van der Waals surface area contributed by atoms with Crippen molar-refractivity contribution in [2.75, 3.05) is 26.7 Å². The van der Waals surface area contributed by atoms with Gasteiger partial charge in [-0.15, -0.1) is 0 Å². The van der Waals surface area contributed by atoms with Gasteiger partial charge in [0.05, 0.1) is 34.7 Å². The number of nitrogens with two attached hydrogens (primary N) is 1. The first-order chi connectivity index (χ1) is 14.2. The Morgan fingerprint density at radius 1 is 1.10 bits per heavy atom. The molecule has 1 saturated heterocycles. The smallest absolute Gasteiger partial charge is 0.0927 e. The summed E-state index contributed by atoms with van der Waals surface area (Å²) in [4.78, 5) is 12.1. The molecule has 1 aliphatic heterocycles. The van der Waals surface area contributed by atoms with Crippen LogP contribution in [0.3, 0.4) is 0 Å². The summed E-state index contributed by atoms with van der Waals surface area (Å²) in [5.41, 5.74) is 12.5. The van der Waals surface area contributed by atoms with Gasteiger partial charge in [0.15, 0.2) is 0 Å². The number of hydrogen-bond donors (Lipinski definition) is 1. The minimum Gasteiger partial charge on any atom is -0.330 e. The Bertz CT molecular complexity index is 1060. The molecule has 0 radical (unpaired) electrons. The normalized spacial score (nSPS) is 25.2. The predicted octanol–water partition coefficient (Wildman–Crippen LogP) is 3.31. The topological polar surface area (TPSA) is 72.9 Å². The van der Waals surface area contributed by atoms with Crippen LogP contribution in [0.1, 0.15) is 54.8 Å². The maximum Gasteiger partial charge on any atom is 0.0927 e. The van der Waals surface area contributed by atoms with E-state index in [1.807, 2.05) is 6.20 Å². The van der Waals surface area contributed by atoms with Crippen LogP contribution in [-0.4, -0.2) is 51.3 Å². The first kappa shape index (κ1) is 17.5. The molecule has 2 aliphatic carbocycles. The van der Waals surface area contributed by atoms with E-state index in [-0.39, 0.29) is 0 Å². The number of fused-ring (bicyclic) bond motifs is 1. The predicted molar refractivity (Wildman–Crippen MR) is 114 cm³/mol. The molecule has 3 fully saturated rings. The average Bonchev–Trinajstić information content (AvgIpc) is 3.43. The van der Waals surface area contributed by atoms with Gasteiger partial charge in [0, 0.05) is 36.7 Å². The molecular weight excluding hydrogens is 360 g/mol. The van der Waals surface area contributed by atoms with E-state index in [2.05, 4.69) is 41.0 Å². The highest BCUT2D eigenvalue weighted by molar-refractivity contribution is 5.78. The maximum absolute atomic E-state index is 5.82. The lowest BCUT2D eigenvalue weighted by molar-refractivity contribution is 0.189. The third-order valence-corrected chi connectivity index (χ3v) is 7.02. The summed E-state index contributed by atoms with van der Waals surface area (Å²) < 4.78 is 2.18. The van der Waals surface area contributed by atoms with E-state index in [1.165, 1.54) is 29.7 Å². The summed E-state index contributed by atoms with van der Waals surface area (Å²) >= 11 is 0. The minimum atomic E-state index is 0.491. The van der Waals surface area contributed by atoms with Crippen molar-refractivity contribution in [1.29, 1.82) is 0 Å². The third kappa shape index (κ3) is 3.06. The molecule has 6 nitrogen and oxygen atoms in total. The fraction of sp³-hybridized carbons (Fsp3) is 0.522. The summed E-state index contributed by atoms with van der Waals surface area (Å²) in [6, 6.07) is 7.06. The molecule has 2 N–H and O–H groups in total. The van der Waals surface area contributed by atoms with Gasteiger partial charge in [-0.05, 0) is 62.9 Å². The zero-order valence-electron chi connectivity index (χ0n) is 17.0. The molecule has 3 aromatic rings. The van der Waals surface area contributed by atoms with Crippen molar-refractivity contribution < 1.29 is 0 Å². The van der Waals surface area contributed by atoms with Crippen LogP contribution in [0.4, 0.5) is 0 Å². The number of nitrogens with zero attached hydrogens (tertiary/aromatic N) is 5. The zero-order chi connectivity index (χ0) is 19.5. The van der Waals surface area contributed by atoms with Gasteiger partial charge in [-0.1, -0.05) is 6.07 Å². The average molecular weight is 389 g/mol. The summed E-state index contributed by atoms with van der Waals surface area (Å²) in [6.45, 7) is 3.04. The van der Waals surface area contributed by atoms with E-state index in [9.17, 15) is 0 Å². The Balaban J connectivity index is 1.35. The van der Waals surface area contributed by atoms with E-state index in [4.69, 9.17) is 20.8 Å². The lowest BCUT2D eigenvalue weighted by atomic mass is 9.80. The second kappa shape index (κ2) is 6.61. The number of benzene rings is 1. The van der Waals surface area contributed by atoms with Crippen molar-refractivity contribution in [1.82, 2.24) is 24.6 Å². The molecule has 1 aromatic carbocycles. The third-order valence-electron chi connectivity index (χ3n) is 7.02. The van der Waals surface area contributed by atoms with Gasteiger partial charge >= 0.3 is 0 Å². The Morgan fingerprint density at radius 2 is 1.93 bits per heavy atom. The van der Waals surface area contributed by atoms with Crippen molar-refractivity contribution in [2.45, 2.75) is 43.6 Å². The Morgan fingerprint density at radius 3 is 2.66 bits per heavy atom. The lowest BCUT2D eigenvalue weighted by Crippen LogP contribution is -2.41. The molecule has 0 bridgehead atoms. The zero-order valence-corrected chi connectivity index (χ0v) is 17.0. The molecule has 3 heterocycles. The van der Waals surface area contributed by atoms with Crippen LogP contribution in [0.15, 0.2) is 30.6 Å². The van der Waals surface area contributed by atoms with Crippen molar-refractivity contribution in [3.05, 3.63) is 41.9 Å². The number of aromatic nitrogens is 4. The first-order valence-corrected chi connectivity index (χ1v) is 10.9. The molecule has 0 unspecified atom stereocenters. The lowest BCUT2D eigenvalue weighted by Gasteiger charge is -2.36. The maximum atomic E-state index is 5.82. The van der Waals surface area contributed by atoms with E-state index in [0.717, 1.165) is 49.2 Å². The Labute approximate surface area is 171 Å². The van der Waals surface area contributed by atoms with Crippen LogP contribution < -0.4 is 5.73 Å². The molecule has 29 heavy (non-hydrogen) atoms. The highest BCUT2D eigenvalue weighted by atomic mass is 15.3. The van der Waals surface area contributed by atoms with Crippen LogP contribution in [0.2, 0.25) is 0 Å². The molecule has 0 spiro atoms. The highest BCUT2D eigenvalue weighted by Crippen LogP contribution is 2.45. The van der Waals surface area contributed by atoms with E-state index in [0.29, 0.717) is 23.8 Å². The number of likely N-dealkylation sites (tertiary alicyclic amines) is 1. The van der Waals surface area contributed by atoms with Crippen molar-refractivity contribution in [3.63, 3.8) is 0 Å². The first-order valence-electron chi connectivity index (χ1n) is 10.9. The molecular formula is C23H28N6. The molecule has 0 atom stereocenters. The Hall–Kier alpha value is -2.31. The summed E-state index contributed by atoms with van der Waals surface area (Å²) in [7, 11) is 2.17. The molecule has 2 saturated carbocycles. The van der Waals surface area contributed by atoms with Crippen molar-refractivity contribution >= 4 is 11.0 Å². The largest absolute Gasteiger partial charge is 0.330 e. The van der Waals surface area contributed by atoms with Crippen LogP contribution in [0, 0.1) is 5.92 Å². The standard InChI is InChI=1S/C23H28N6/c1-28-11-17(12-28)16-4-5-20-21(8-16)26-22(10-25-20)19-13-29(18-6-14(7-18)9-24)27-23(19)15-2-3-15/h4-5,8,10,13-15,17-18H,2-3,6-7,9,11-12,24H2,1H3/t14-,18-. The number of likely N-dealkylation sites (N-methyl/N-ethyl adjacent to an activating group) is 1. The van der Waals surface area contributed by atoms with E-state index >= 15 is 0 Å². The fourth-order valence-electron chi connectivity index (χ4n) is 4.88. The van der Waals surface area contributed by atoms with Crippen LogP contribution in [-0.2, 0) is 0 Å². The number of hydrogen-bond acceptors (Lipinski definition) is 5. The monoisotopic (exact) mass is 388 g/mol. The molecule has 6 rings (SSSR count). The highest BCUT2D eigenvalue weighted by Gasteiger charge is 2.34. The van der Waals surface area contributed by atoms with Gasteiger partial charge in [0.25, 0.3) is 0 Å². The van der Waals surface area contributed by atoms with E-state index in [1.54, 1.807) is 0 Å². The molecule has 2 aromatic heterocycles. The van der Waals surface area contributed by atoms with Gasteiger partial charge in [-0.2, -0.15) is 5.10 Å². The Kier molecular flexibility index (Phi) is 4.00. The summed E-state index contributed by atoms with van der Waals surface area (Å²) in [5, 5.41) is 5.00. The molecule has 3 aliphatic rings. The number of rotatable bonds is 5. The van der Waals surface area contributed by atoms with Crippen molar-refractivity contribution in [3.8, 4) is 11.3 Å². The molecule has 150 valence electrons. The van der Waals surface area contributed by atoms with Crippen LogP contribution in [0.25, 0.3) is 22.3 Å². The second-order valence-electron chi connectivity index (χ2n) is 9.33. The van der Waals surface area contributed by atoms with Gasteiger partial charge in [0.1, 0.15) is 0 Å². The van der Waals surface area contributed by atoms with Gasteiger partial charge < -0.3 is 10.6 Å². The summed E-state index contributed by atoms with van der Waals surface area (Å²) in [6.07, 6.45) is 8.90. The van der Waals surface area contributed by atoms with Gasteiger partial charge in [-0.25, -0.2) is 4.98 Å². The molecule has 6 heteroatoms. The molecule has 0 amide bonds. The minimum absolute atomic E-state index is 0.491. The summed E-state index contributed by atoms with van der Waals surface area (Å²) in [5.74, 6) is 1.86. The quantitative estimate of drug-likeness (QED) is 0.726. The van der Waals surface area contributed by atoms with Gasteiger partial charge in [-0.3, -0.25) is 9.67 Å². The van der Waals surface area contributed by atoms with Crippen LogP contribution in [0.5, 0.6) is 0 Å². The fourth-order valence-corrected chi connectivity index (χ4v) is 4.88. The van der Waals surface area contributed by atoms with E-state index < -0.39 is 0 Å². The SMILES string of the molecule is CN1CC(c2ccc3ncc(-c4cn([C@H]5C[C@H](CN)C5)nc4C4CC4)nc3c2)C1.